The van der Waals surface area contributed by atoms with E-state index in [4.69, 9.17) is 27.9 Å². The van der Waals surface area contributed by atoms with Crippen LogP contribution in [0.3, 0.4) is 0 Å². The highest BCUT2D eigenvalue weighted by molar-refractivity contribution is 6.67. The van der Waals surface area contributed by atoms with Crippen LogP contribution in [0.2, 0.25) is 0 Å². The quantitative estimate of drug-likeness (QED) is 0.748. The van der Waals surface area contributed by atoms with E-state index in [1.54, 1.807) is 18.2 Å². The first-order chi connectivity index (χ1) is 6.59. The van der Waals surface area contributed by atoms with Crippen molar-refractivity contribution in [3.63, 3.8) is 0 Å². The SMILES string of the molecule is O=C(Cl)COc1cccc(C(=O)Cl)c1. The maximum atomic E-state index is 10.8. The monoisotopic (exact) mass is 232 g/mol. The minimum Gasteiger partial charge on any atom is -0.484 e. The Kier molecular flexibility index (Phi) is 3.92. The molecule has 0 spiro atoms. The van der Waals surface area contributed by atoms with Gasteiger partial charge < -0.3 is 4.74 Å². The zero-order valence-electron chi connectivity index (χ0n) is 7.00. The number of benzene rings is 1. The Morgan fingerprint density at radius 2 is 2.00 bits per heavy atom. The molecule has 0 saturated carbocycles. The molecule has 0 amide bonds. The minimum absolute atomic E-state index is 0.235. The highest BCUT2D eigenvalue weighted by atomic mass is 35.5. The molecule has 5 heteroatoms. The molecule has 0 atom stereocenters. The average Bonchev–Trinajstić information content (AvgIpc) is 2.15. The first kappa shape index (κ1) is 11.0. The number of carbonyl (C=O) groups is 2. The van der Waals surface area contributed by atoms with E-state index in [1.165, 1.54) is 6.07 Å². The van der Waals surface area contributed by atoms with Gasteiger partial charge in [0.05, 0.1) is 0 Å². The van der Waals surface area contributed by atoms with Crippen molar-refractivity contribution < 1.29 is 14.3 Å². The van der Waals surface area contributed by atoms with Crippen LogP contribution in [0.5, 0.6) is 5.75 Å². The first-order valence-corrected chi connectivity index (χ1v) is 4.46. The van der Waals surface area contributed by atoms with Crippen LogP contribution in [0.4, 0.5) is 0 Å². The predicted octanol–water partition coefficient (Wildman–Crippen LogP) is 2.21. The number of hydrogen-bond donors (Lipinski definition) is 0. The summed E-state index contributed by atoms with van der Waals surface area (Å²) in [6, 6.07) is 6.19. The average molecular weight is 233 g/mol. The van der Waals surface area contributed by atoms with Crippen LogP contribution in [0, 0.1) is 0 Å². The smallest absolute Gasteiger partial charge is 0.259 e. The van der Waals surface area contributed by atoms with E-state index in [9.17, 15) is 9.59 Å². The van der Waals surface area contributed by atoms with Crippen LogP contribution in [0.1, 0.15) is 10.4 Å². The maximum Gasteiger partial charge on any atom is 0.259 e. The van der Waals surface area contributed by atoms with Crippen molar-refractivity contribution in [2.24, 2.45) is 0 Å². The van der Waals surface area contributed by atoms with Gasteiger partial charge in [0, 0.05) is 5.56 Å². The number of halogens is 2. The number of carbonyl (C=O) groups excluding carboxylic acids is 2. The fourth-order valence-corrected chi connectivity index (χ4v) is 1.02. The molecule has 0 aliphatic rings. The van der Waals surface area contributed by atoms with E-state index in [2.05, 4.69) is 0 Å². The molecule has 1 aromatic rings. The topological polar surface area (TPSA) is 43.4 Å². The summed E-state index contributed by atoms with van der Waals surface area (Å²) in [5.41, 5.74) is 0.311. The Labute approximate surface area is 90.6 Å². The van der Waals surface area contributed by atoms with Gasteiger partial charge in [-0.05, 0) is 41.4 Å². The zero-order chi connectivity index (χ0) is 10.6. The minimum atomic E-state index is -0.604. The van der Waals surface area contributed by atoms with Gasteiger partial charge in [-0.2, -0.15) is 0 Å². The van der Waals surface area contributed by atoms with Crippen molar-refractivity contribution in [2.75, 3.05) is 6.61 Å². The van der Waals surface area contributed by atoms with Gasteiger partial charge in [-0.3, -0.25) is 9.59 Å². The van der Waals surface area contributed by atoms with E-state index in [0.29, 0.717) is 11.3 Å². The summed E-state index contributed by atoms with van der Waals surface area (Å²) in [6.45, 7) is -0.235. The molecule has 0 aromatic heterocycles. The Hall–Kier alpha value is -1.06. The summed E-state index contributed by atoms with van der Waals surface area (Å²) >= 11 is 10.3. The number of hydrogen-bond acceptors (Lipinski definition) is 3. The van der Waals surface area contributed by atoms with Gasteiger partial charge in [-0.15, -0.1) is 0 Å². The van der Waals surface area contributed by atoms with Gasteiger partial charge in [-0.25, -0.2) is 0 Å². The first-order valence-electron chi connectivity index (χ1n) is 3.70. The molecule has 0 bridgehead atoms. The highest BCUT2D eigenvalue weighted by Gasteiger charge is 2.03. The number of rotatable bonds is 4. The highest BCUT2D eigenvalue weighted by Crippen LogP contribution is 2.14. The summed E-state index contributed by atoms with van der Waals surface area (Å²) in [4.78, 5) is 21.1. The molecule has 0 saturated heterocycles. The molecule has 1 rings (SSSR count). The molecule has 1 aromatic carbocycles. The Morgan fingerprint density at radius 1 is 1.29 bits per heavy atom. The lowest BCUT2D eigenvalue weighted by molar-refractivity contribution is -0.113. The van der Waals surface area contributed by atoms with Crippen LogP contribution in [-0.4, -0.2) is 17.1 Å². The van der Waals surface area contributed by atoms with Gasteiger partial charge in [0.15, 0.2) is 6.61 Å². The van der Waals surface area contributed by atoms with Gasteiger partial charge in [0.2, 0.25) is 0 Å². The molecule has 74 valence electrons. The van der Waals surface area contributed by atoms with Crippen LogP contribution in [0.15, 0.2) is 24.3 Å². The third kappa shape index (κ3) is 3.36. The van der Waals surface area contributed by atoms with Crippen molar-refractivity contribution in [3.05, 3.63) is 29.8 Å². The van der Waals surface area contributed by atoms with E-state index >= 15 is 0 Å². The van der Waals surface area contributed by atoms with Gasteiger partial charge in [0.25, 0.3) is 10.5 Å². The molecule has 3 nitrogen and oxygen atoms in total. The van der Waals surface area contributed by atoms with Crippen LogP contribution in [0.25, 0.3) is 0 Å². The third-order valence-electron chi connectivity index (χ3n) is 1.41. The van der Waals surface area contributed by atoms with Crippen molar-refractivity contribution >= 4 is 33.7 Å². The van der Waals surface area contributed by atoms with E-state index < -0.39 is 10.5 Å². The molecule has 0 radical (unpaired) electrons. The summed E-state index contributed by atoms with van der Waals surface area (Å²) < 4.78 is 4.97. The third-order valence-corrected chi connectivity index (χ3v) is 1.74. The standard InChI is InChI=1S/C9H6Cl2O3/c10-8(12)5-14-7-3-1-2-6(4-7)9(11)13/h1-4H,5H2. The molecule has 14 heavy (non-hydrogen) atoms. The van der Waals surface area contributed by atoms with Crippen molar-refractivity contribution in [2.45, 2.75) is 0 Å². The normalized spacial score (nSPS) is 9.57. The summed E-state index contributed by atoms with van der Waals surface area (Å²) in [5.74, 6) is 0.380. The fraction of sp³-hybridized carbons (Fsp3) is 0.111. The fourth-order valence-electron chi connectivity index (χ4n) is 0.848. The van der Waals surface area contributed by atoms with E-state index in [1.807, 2.05) is 0 Å². The summed E-state index contributed by atoms with van der Waals surface area (Å²) in [7, 11) is 0. The lowest BCUT2D eigenvalue weighted by Crippen LogP contribution is -2.04. The van der Waals surface area contributed by atoms with Crippen molar-refractivity contribution in [3.8, 4) is 5.75 Å². The molecule has 0 fully saturated rings. The van der Waals surface area contributed by atoms with Crippen molar-refractivity contribution in [1.82, 2.24) is 0 Å². The van der Waals surface area contributed by atoms with Crippen LogP contribution >= 0.6 is 23.2 Å². The van der Waals surface area contributed by atoms with Gasteiger partial charge in [-0.1, -0.05) is 6.07 Å². The summed E-state index contributed by atoms with van der Waals surface area (Å²) in [5, 5.41) is -1.18. The molecule has 0 aliphatic carbocycles. The Balaban J connectivity index is 2.73. The van der Waals surface area contributed by atoms with E-state index in [0.717, 1.165) is 0 Å². The van der Waals surface area contributed by atoms with Gasteiger partial charge in [0.1, 0.15) is 5.75 Å². The molecular weight excluding hydrogens is 227 g/mol. The van der Waals surface area contributed by atoms with E-state index in [-0.39, 0.29) is 6.61 Å². The lowest BCUT2D eigenvalue weighted by Gasteiger charge is -2.03. The molecule has 0 N–H and O–H groups in total. The second-order valence-electron chi connectivity index (χ2n) is 2.45. The Morgan fingerprint density at radius 3 is 2.57 bits per heavy atom. The maximum absolute atomic E-state index is 10.8. The molecule has 0 heterocycles. The predicted molar refractivity (Wildman–Crippen MR) is 53.0 cm³/mol. The molecule has 0 unspecified atom stereocenters. The molecule has 0 aliphatic heterocycles. The number of ether oxygens (including phenoxy) is 1. The van der Waals surface area contributed by atoms with Crippen molar-refractivity contribution in [1.29, 1.82) is 0 Å². The zero-order valence-corrected chi connectivity index (χ0v) is 8.51. The molecular formula is C9H6Cl2O3. The lowest BCUT2D eigenvalue weighted by atomic mass is 10.2. The second-order valence-corrected chi connectivity index (χ2v) is 3.21. The van der Waals surface area contributed by atoms with Crippen LogP contribution < -0.4 is 4.74 Å². The van der Waals surface area contributed by atoms with Crippen LogP contribution in [-0.2, 0) is 4.79 Å². The second kappa shape index (κ2) is 4.98. The summed E-state index contributed by atoms with van der Waals surface area (Å²) in [6.07, 6.45) is 0. The van der Waals surface area contributed by atoms with Gasteiger partial charge >= 0.3 is 0 Å². The largest absolute Gasteiger partial charge is 0.484 e. The Bertz CT molecular complexity index is 363.